The molecule has 1 aromatic carbocycles. The monoisotopic (exact) mass is 344 g/mol. The van der Waals surface area contributed by atoms with E-state index < -0.39 is 5.82 Å². The summed E-state index contributed by atoms with van der Waals surface area (Å²) in [5, 5.41) is 7.59. The van der Waals surface area contributed by atoms with Gasteiger partial charge < -0.3 is 10.1 Å². The van der Waals surface area contributed by atoms with Crippen molar-refractivity contribution in [3.63, 3.8) is 0 Å². The fraction of sp³-hybridized carbons (Fsp3) is 0.0625. The van der Waals surface area contributed by atoms with Gasteiger partial charge in [0.1, 0.15) is 11.6 Å². The number of carbonyl (C=O) groups is 1. The summed E-state index contributed by atoms with van der Waals surface area (Å²) in [6.07, 6.45) is 3.17. The Balaban J connectivity index is 1.64. The van der Waals surface area contributed by atoms with Crippen molar-refractivity contribution >= 4 is 22.5 Å². The third kappa shape index (κ3) is 4.26. The first-order valence-corrected chi connectivity index (χ1v) is 7.90. The van der Waals surface area contributed by atoms with E-state index in [2.05, 4.69) is 20.6 Å². The molecule has 0 spiro atoms. The number of carbonyl (C=O) groups excluding carboxylic acids is 1. The molecule has 0 radical (unpaired) electrons. The second-order valence-corrected chi connectivity index (χ2v) is 5.57. The standard InChI is InChI=1S/C16H13FN4O2S/c17-12-4-1-5-13(9-12)23-14-11(3-2-6-18-14)10-20-15(22)21-16-19-7-8-24-16/h1-9H,10H2,(H2,19,20,21,22). The molecule has 0 atom stereocenters. The molecule has 122 valence electrons. The van der Waals surface area contributed by atoms with Gasteiger partial charge in [0.15, 0.2) is 5.13 Å². The van der Waals surface area contributed by atoms with Crippen LogP contribution in [0.2, 0.25) is 0 Å². The third-order valence-electron chi connectivity index (χ3n) is 2.95. The van der Waals surface area contributed by atoms with Gasteiger partial charge in [-0.3, -0.25) is 5.32 Å². The van der Waals surface area contributed by atoms with Crippen LogP contribution in [0.25, 0.3) is 0 Å². The van der Waals surface area contributed by atoms with Gasteiger partial charge in [-0.05, 0) is 18.2 Å². The molecule has 2 heterocycles. The largest absolute Gasteiger partial charge is 0.439 e. The Bertz CT molecular complexity index is 826. The molecule has 3 aromatic rings. The van der Waals surface area contributed by atoms with Crippen molar-refractivity contribution in [1.82, 2.24) is 15.3 Å². The molecule has 0 unspecified atom stereocenters. The Hall–Kier alpha value is -3.00. The Morgan fingerprint density at radius 2 is 2.12 bits per heavy atom. The Labute approximate surface area is 141 Å². The van der Waals surface area contributed by atoms with E-state index in [4.69, 9.17) is 4.74 Å². The zero-order valence-corrected chi connectivity index (χ0v) is 13.2. The van der Waals surface area contributed by atoms with Crippen molar-refractivity contribution in [3.8, 4) is 11.6 Å². The summed E-state index contributed by atoms with van der Waals surface area (Å²) in [7, 11) is 0. The summed E-state index contributed by atoms with van der Waals surface area (Å²) in [6, 6.07) is 8.89. The molecule has 3 rings (SSSR count). The molecule has 24 heavy (non-hydrogen) atoms. The molecule has 2 N–H and O–H groups in total. The van der Waals surface area contributed by atoms with Crippen LogP contribution in [0.4, 0.5) is 14.3 Å². The van der Waals surface area contributed by atoms with Crippen LogP contribution < -0.4 is 15.4 Å². The van der Waals surface area contributed by atoms with Crippen molar-refractivity contribution < 1.29 is 13.9 Å². The third-order valence-corrected chi connectivity index (χ3v) is 3.64. The number of pyridine rings is 1. The number of nitrogens with zero attached hydrogens (tertiary/aromatic N) is 2. The van der Waals surface area contributed by atoms with Crippen molar-refractivity contribution in [3.05, 3.63) is 65.6 Å². The predicted octanol–water partition coefficient (Wildman–Crippen LogP) is 3.79. The van der Waals surface area contributed by atoms with E-state index in [1.165, 1.54) is 23.5 Å². The second kappa shape index (κ2) is 7.51. The van der Waals surface area contributed by atoms with E-state index in [0.29, 0.717) is 22.3 Å². The van der Waals surface area contributed by atoms with Crippen LogP contribution in [0.1, 0.15) is 5.56 Å². The molecule has 0 aliphatic rings. The van der Waals surface area contributed by atoms with Crippen LogP contribution in [-0.2, 0) is 6.54 Å². The van der Waals surface area contributed by atoms with Gasteiger partial charge in [-0.15, -0.1) is 11.3 Å². The maximum atomic E-state index is 13.2. The fourth-order valence-electron chi connectivity index (χ4n) is 1.89. The zero-order chi connectivity index (χ0) is 16.8. The summed E-state index contributed by atoms with van der Waals surface area (Å²) in [5.41, 5.74) is 0.663. The summed E-state index contributed by atoms with van der Waals surface area (Å²) in [4.78, 5) is 19.9. The number of aromatic nitrogens is 2. The first-order valence-electron chi connectivity index (χ1n) is 7.02. The normalized spacial score (nSPS) is 10.2. The lowest BCUT2D eigenvalue weighted by atomic mass is 10.2. The zero-order valence-electron chi connectivity index (χ0n) is 12.4. The number of ether oxygens (including phenoxy) is 1. The Morgan fingerprint density at radius 1 is 1.21 bits per heavy atom. The van der Waals surface area contributed by atoms with E-state index in [9.17, 15) is 9.18 Å². The lowest BCUT2D eigenvalue weighted by molar-refractivity contribution is 0.251. The molecule has 0 saturated carbocycles. The van der Waals surface area contributed by atoms with Gasteiger partial charge in [-0.2, -0.15) is 0 Å². The highest BCUT2D eigenvalue weighted by atomic mass is 32.1. The maximum absolute atomic E-state index is 13.2. The highest BCUT2D eigenvalue weighted by molar-refractivity contribution is 7.13. The quantitative estimate of drug-likeness (QED) is 0.738. The molecular weight excluding hydrogens is 331 g/mol. The van der Waals surface area contributed by atoms with Crippen LogP contribution in [-0.4, -0.2) is 16.0 Å². The molecule has 0 saturated heterocycles. The minimum Gasteiger partial charge on any atom is -0.439 e. The molecule has 8 heteroatoms. The van der Waals surface area contributed by atoms with Crippen LogP contribution >= 0.6 is 11.3 Å². The predicted molar refractivity (Wildman–Crippen MR) is 88.7 cm³/mol. The van der Waals surface area contributed by atoms with E-state index in [0.717, 1.165) is 0 Å². The summed E-state index contributed by atoms with van der Waals surface area (Å²) >= 11 is 1.32. The molecule has 0 aliphatic heterocycles. The molecular formula is C16H13FN4O2S. The number of thiazole rings is 1. The minimum atomic E-state index is -0.397. The highest BCUT2D eigenvalue weighted by Crippen LogP contribution is 2.23. The van der Waals surface area contributed by atoms with Gasteiger partial charge in [-0.1, -0.05) is 12.1 Å². The maximum Gasteiger partial charge on any atom is 0.321 e. The molecule has 6 nitrogen and oxygen atoms in total. The number of benzene rings is 1. The lowest BCUT2D eigenvalue weighted by Gasteiger charge is -2.11. The smallest absolute Gasteiger partial charge is 0.321 e. The highest BCUT2D eigenvalue weighted by Gasteiger charge is 2.09. The van der Waals surface area contributed by atoms with Gasteiger partial charge in [0.25, 0.3) is 0 Å². The number of rotatable bonds is 5. The number of halogens is 1. The molecule has 0 aliphatic carbocycles. The van der Waals surface area contributed by atoms with Crippen molar-refractivity contribution in [2.45, 2.75) is 6.54 Å². The van der Waals surface area contributed by atoms with Gasteiger partial charge in [0.2, 0.25) is 5.88 Å². The molecule has 0 fully saturated rings. The fourth-order valence-corrected chi connectivity index (χ4v) is 2.42. The number of amides is 2. The van der Waals surface area contributed by atoms with E-state index in [1.54, 1.807) is 42.0 Å². The number of hydrogen-bond donors (Lipinski definition) is 2. The summed E-state index contributed by atoms with van der Waals surface area (Å²) < 4.78 is 18.8. The number of urea groups is 1. The van der Waals surface area contributed by atoms with Crippen LogP contribution in [0, 0.1) is 5.82 Å². The Kier molecular flexibility index (Phi) is 4.97. The van der Waals surface area contributed by atoms with E-state index in [-0.39, 0.29) is 12.6 Å². The summed E-state index contributed by atoms with van der Waals surface area (Å²) in [5.74, 6) is 0.241. The van der Waals surface area contributed by atoms with Crippen molar-refractivity contribution in [2.24, 2.45) is 0 Å². The average molecular weight is 344 g/mol. The van der Waals surface area contributed by atoms with Gasteiger partial charge in [-0.25, -0.2) is 19.2 Å². The van der Waals surface area contributed by atoms with Crippen LogP contribution in [0.15, 0.2) is 54.2 Å². The van der Waals surface area contributed by atoms with Crippen molar-refractivity contribution in [1.29, 1.82) is 0 Å². The van der Waals surface area contributed by atoms with Gasteiger partial charge >= 0.3 is 6.03 Å². The first kappa shape index (κ1) is 15.9. The van der Waals surface area contributed by atoms with Crippen molar-refractivity contribution in [2.75, 3.05) is 5.32 Å². The molecule has 2 aromatic heterocycles. The average Bonchev–Trinajstić information content (AvgIpc) is 3.07. The van der Waals surface area contributed by atoms with Crippen LogP contribution in [0.3, 0.4) is 0 Å². The minimum absolute atomic E-state index is 0.204. The first-order chi connectivity index (χ1) is 11.7. The lowest BCUT2D eigenvalue weighted by Crippen LogP contribution is -2.28. The SMILES string of the molecule is O=C(NCc1cccnc1Oc1cccc(F)c1)Nc1nccs1. The number of hydrogen-bond acceptors (Lipinski definition) is 5. The molecule has 0 bridgehead atoms. The molecule has 2 amide bonds. The van der Waals surface area contributed by atoms with E-state index >= 15 is 0 Å². The van der Waals surface area contributed by atoms with E-state index in [1.807, 2.05) is 0 Å². The number of anilines is 1. The van der Waals surface area contributed by atoms with Crippen LogP contribution in [0.5, 0.6) is 11.6 Å². The second-order valence-electron chi connectivity index (χ2n) is 4.67. The topological polar surface area (TPSA) is 76.1 Å². The Morgan fingerprint density at radius 3 is 2.92 bits per heavy atom. The van der Waals surface area contributed by atoms with Gasteiger partial charge in [0.05, 0.1) is 0 Å². The number of nitrogens with one attached hydrogen (secondary N) is 2. The van der Waals surface area contributed by atoms with Gasteiger partial charge in [0, 0.05) is 35.9 Å². The summed E-state index contributed by atoms with van der Waals surface area (Å²) in [6.45, 7) is 0.204.